The summed E-state index contributed by atoms with van der Waals surface area (Å²) in [6, 6.07) is 9.79. The van der Waals surface area contributed by atoms with Crippen LogP contribution in [0.15, 0.2) is 30.3 Å². The van der Waals surface area contributed by atoms with Gasteiger partial charge in [-0.3, -0.25) is 0 Å². The molecule has 0 aliphatic heterocycles. The second kappa shape index (κ2) is 5.20. The molecule has 0 aliphatic carbocycles. The second-order valence-corrected chi connectivity index (χ2v) is 6.53. The van der Waals surface area contributed by atoms with E-state index in [-0.39, 0.29) is 0 Å². The third-order valence-electron chi connectivity index (χ3n) is 3.76. The molecule has 23 heavy (non-hydrogen) atoms. The van der Waals surface area contributed by atoms with Crippen molar-refractivity contribution in [3.05, 3.63) is 46.6 Å². The van der Waals surface area contributed by atoms with Crippen LogP contribution in [0, 0.1) is 20.8 Å². The molecule has 7 heteroatoms. The van der Waals surface area contributed by atoms with Gasteiger partial charge in [0.05, 0.1) is 5.39 Å². The first-order valence-electron chi connectivity index (χ1n) is 7.23. The minimum atomic E-state index is 0.583. The fourth-order valence-electron chi connectivity index (χ4n) is 2.48. The van der Waals surface area contributed by atoms with Crippen molar-refractivity contribution in [3.63, 3.8) is 0 Å². The van der Waals surface area contributed by atoms with E-state index in [1.54, 1.807) is 11.3 Å². The maximum absolute atomic E-state index is 4.55. The lowest BCUT2D eigenvalue weighted by Gasteiger charge is -2.02. The maximum Gasteiger partial charge on any atom is 0.205 e. The zero-order chi connectivity index (χ0) is 16.0. The molecule has 0 saturated heterocycles. The highest BCUT2D eigenvalue weighted by Crippen LogP contribution is 2.32. The van der Waals surface area contributed by atoms with Crippen molar-refractivity contribution in [2.24, 2.45) is 0 Å². The van der Waals surface area contributed by atoms with Crippen LogP contribution in [0.5, 0.6) is 0 Å². The summed E-state index contributed by atoms with van der Waals surface area (Å²) in [7, 11) is 0. The topological polar surface area (TPSA) is 69.4 Å². The third-order valence-corrected chi connectivity index (χ3v) is 4.86. The molecule has 3 heterocycles. The van der Waals surface area contributed by atoms with Crippen molar-refractivity contribution in [3.8, 4) is 17.2 Å². The molecule has 4 aromatic rings. The lowest BCUT2D eigenvalue weighted by Crippen LogP contribution is -2.05. The molecule has 3 aromatic heterocycles. The largest absolute Gasteiger partial charge is 0.222 e. The summed E-state index contributed by atoms with van der Waals surface area (Å²) in [5.74, 6) is 1.97. The quantitative estimate of drug-likeness (QED) is 0.566. The summed E-state index contributed by atoms with van der Waals surface area (Å²) in [5.41, 5.74) is 2.09. The van der Waals surface area contributed by atoms with Crippen LogP contribution in [0.1, 0.15) is 16.3 Å². The van der Waals surface area contributed by atoms with Gasteiger partial charge in [-0.15, -0.1) is 26.3 Å². The molecular formula is C16H14N6S. The van der Waals surface area contributed by atoms with Crippen LogP contribution in [0.4, 0.5) is 0 Å². The number of aromatic nitrogens is 6. The minimum absolute atomic E-state index is 0.583. The fraction of sp³-hybridized carbons (Fsp3) is 0.188. The first-order valence-corrected chi connectivity index (χ1v) is 8.05. The molecule has 114 valence electrons. The van der Waals surface area contributed by atoms with E-state index < -0.39 is 0 Å². The molecule has 0 saturated carbocycles. The monoisotopic (exact) mass is 322 g/mol. The van der Waals surface area contributed by atoms with Gasteiger partial charge in [0.1, 0.15) is 10.7 Å². The van der Waals surface area contributed by atoms with E-state index in [4.69, 9.17) is 0 Å². The van der Waals surface area contributed by atoms with Crippen LogP contribution in [0.25, 0.3) is 27.4 Å². The van der Waals surface area contributed by atoms with Crippen LogP contribution in [0.2, 0.25) is 0 Å². The lowest BCUT2D eigenvalue weighted by atomic mass is 10.2. The van der Waals surface area contributed by atoms with Gasteiger partial charge < -0.3 is 0 Å². The molecule has 0 unspecified atom stereocenters. The first-order chi connectivity index (χ1) is 11.1. The Morgan fingerprint density at radius 3 is 2.57 bits per heavy atom. The Kier molecular flexibility index (Phi) is 3.16. The highest BCUT2D eigenvalue weighted by molar-refractivity contribution is 7.18. The first kappa shape index (κ1) is 14.0. The van der Waals surface area contributed by atoms with E-state index in [9.17, 15) is 0 Å². The van der Waals surface area contributed by atoms with Gasteiger partial charge in [0.25, 0.3) is 0 Å². The van der Waals surface area contributed by atoms with Crippen LogP contribution in [-0.4, -0.2) is 30.2 Å². The van der Waals surface area contributed by atoms with Crippen LogP contribution in [0.3, 0.4) is 0 Å². The smallest absolute Gasteiger partial charge is 0.205 e. The number of benzene rings is 1. The third kappa shape index (κ3) is 2.29. The van der Waals surface area contributed by atoms with Gasteiger partial charge in [0, 0.05) is 10.4 Å². The molecule has 1 aromatic carbocycles. The number of rotatable bonds is 2. The maximum atomic E-state index is 4.55. The normalized spacial score (nSPS) is 11.3. The summed E-state index contributed by atoms with van der Waals surface area (Å²) in [5, 5.41) is 13.9. The summed E-state index contributed by atoms with van der Waals surface area (Å²) >= 11 is 1.66. The molecule has 4 rings (SSSR count). The fourth-order valence-corrected chi connectivity index (χ4v) is 3.55. The Morgan fingerprint density at radius 2 is 1.78 bits per heavy atom. The molecule has 0 radical (unpaired) electrons. The number of fused-ring (bicyclic) bond motifs is 1. The van der Waals surface area contributed by atoms with Gasteiger partial charge in [-0.1, -0.05) is 30.3 Å². The van der Waals surface area contributed by atoms with Crippen molar-refractivity contribution in [2.75, 3.05) is 0 Å². The average molecular weight is 322 g/mol. The Balaban J connectivity index is 1.92. The number of nitrogens with zero attached hydrogens (tertiary/aromatic N) is 6. The predicted molar refractivity (Wildman–Crippen MR) is 89.8 cm³/mol. The number of hydrogen-bond donors (Lipinski definition) is 0. The van der Waals surface area contributed by atoms with Gasteiger partial charge >= 0.3 is 0 Å². The van der Waals surface area contributed by atoms with E-state index in [2.05, 4.69) is 39.2 Å². The molecule has 0 spiro atoms. The predicted octanol–water partition coefficient (Wildman–Crippen LogP) is 3.26. The highest BCUT2D eigenvalue weighted by atomic mass is 32.1. The van der Waals surface area contributed by atoms with Gasteiger partial charge in [0.15, 0.2) is 5.82 Å². The minimum Gasteiger partial charge on any atom is -0.222 e. The van der Waals surface area contributed by atoms with Gasteiger partial charge in [-0.25, -0.2) is 9.97 Å². The molecule has 0 N–H and O–H groups in total. The van der Waals surface area contributed by atoms with Gasteiger partial charge in [0.2, 0.25) is 5.82 Å². The molecule has 6 nitrogen and oxygen atoms in total. The average Bonchev–Trinajstić information content (AvgIpc) is 3.14. The number of hydrogen-bond acceptors (Lipinski definition) is 6. The molecule has 0 fully saturated rings. The zero-order valence-corrected chi connectivity index (χ0v) is 13.8. The molecule has 0 bridgehead atoms. The van der Waals surface area contributed by atoms with Crippen molar-refractivity contribution >= 4 is 21.6 Å². The summed E-state index contributed by atoms with van der Waals surface area (Å²) in [6.45, 7) is 6.04. The molecule has 0 atom stereocenters. The summed E-state index contributed by atoms with van der Waals surface area (Å²) in [6.07, 6.45) is 0. The molecular weight excluding hydrogens is 308 g/mol. The molecule has 0 aliphatic rings. The Hall–Kier alpha value is -2.67. The Bertz CT molecular complexity index is 1000. The van der Waals surface area contributed by atoms with Gasteiger partial charge in [-0.2, -0.15) is 0 Å². The van der Waals surface area contributed by atoms with E-state index >= 15 is 0 Å². The van der Waals surface area contributed by atoms with Crippen molar-refractivity contribution in [2.45, 2.75) is 20.8 Å². The lowest BCUT2D eigenvalue weighted by molar-refractivity contribution is 0.701. The Morgan fingerprint density at radius 1 is 1.00 bits per heavy atom. The Labute approximate surface area is 136 Å². The number of tetrazole rings is 1. The van der Waals surface area contributed by atoms with Crippen LogP contribution in [-0.2, 0) is 0 Å². The van der Waals surface area contributed by atoms with Crippen LogP contribution >= 0.6 is 11.3 Å². The van der Waals surface area contributed by atoms with Crippen molar-refractivity contribution in [1.82, 2.24) is 30.2 Å². The zero-order valence-electron chi connectivity index (χ0n) is 13.0. The van der Waals surface area contributed by atoms with Crippen molar-refractivity contribution in [1.29, 1.82) is 0 Å². The number of aryl methyl sites for hydroxylation is 3. The SMILES string of the molecule is Cc1nc(-n2nnc(-c3ccccc3)n2)c2c(C)c(C)sc2n1. The van der Waals surface area contributed by atoms with Crippen molar-refractivity contribution < 1.29 is 0 Å². The van der Waals surface area contributed by atoms with E-state index in [1.165, 1.54) is 15.2 Å². The highest BCUT2D eigenvalue weighted by Gasteiger charge is 2.17. The second-order valence-electron chi connectivity index (χ2n) is 5.33. The summed E-state index contributed by atoms with van der Waals surface area (Å²) in [4.78, 5) is 12.8. The van der Waals surface area contributed by atoms with E-state index in [0.717, 1.165) is 15.8 Å². The summed E-state index contributed by atoms with van der Waals surface area (Å²) < 4.78 is 0. The molecule has 0 amide bonds. The number of thiophene rings is 1. The van der Waals surface area contributed by atoms with E-state index in [0.29, 0.717) is 17.5 Å². The standard InChI is InChI=1S/C16H14N6S/c1-9-10(2)23-16-13(9)15(17-11(3)18-16)22-20-14(19-21-22)12-7-5-4-6-8-12/h4-8H,1-3H3. The van der Waals surface area contributed by atoms with Crippen LogP contribution < -0.4 is 0 Å². The van der Waals surface area contributed by atoms with E-state index in [1.807, 2.05) is 37.3 Å². The van der Waals surface area contributed by atoms with Gasteiger partial charge in [-0.05, 0) is 31.5 Å².